The maximum absolute atomic E-state index is 12.3. The van der Waals surface area contributed by atoms with Crippen LogP contribution in [0.4, 0.5) is 5.69 Å². The number of ketones is 1. The highest BCUT2D eigenvalue weighted by atomic mass is 16.1. The first-order valence-electron chi connectivity index (χ1n) is 6.78. The van der Waals surface area contributed by atoms with E-state index in [1.807, 2.05) is 42.6 Å². The van der Waals surface area contributed by atoms with Crippen molar-refractivity contribution in [2.24, 2.45) is 0 Å². The Bertz CT molecular complexity index is 803. The third-order valence-corrected chi connectivity index (χ3v) is 3.94. The van der Waals surface area contributed by atoms with Crippen molar-refractivity contribution in [2.45, 2.75) is 12.5 Å². The fourth-order valence-corrected chi connectivity index (χ4v) is 2.96. The number of H-pyrrole nitrogens is 1. The molecule has 1 atom stereocenters. The number of anilines is 1. The van der Waals surface area contributed by atoms with E-state index in [1.54, 1.807) is 0 Å². The lowest BCUT2D eigenvalue weighted by Gasteiger charge is -2.25. The van der Waals surface area contributed by atoms with Gasteiger partial charge >= 0.3 is 0 Å². The normalized spacial score (nSPS) is 17.8. The number of carbonyl (C=O) groups excluding carboxylic acids is 1. The molecule has 20 heavy (non-hydrogen) atoms. The van der Waals surface area contributed by atoms with Gasteiger partial charge in [-0.05, 0) is 18.2 Å². The molecule has 3 aromatic rings. The van der Waals surface area contributed by atoms with Crippen molar-refractivity contribution < 1.29 is 4.79 Å². The van der Waals surface area contributed by atoms with E-state index in [0.29, 0.717) is 6.42 Å². The minimum atomic E-state index is 0.0357. The van der Waals surface area contributed by atoms with Crippen LogP contribution < -0.4 is 5.32 Å². The third kappa shape index (κ3) is 1.63. The summed E-state index contributed by atoms with van der Waals surface area (Å²) in [4.78, 5) is 15.5. The number of para-hydroxylation sites is 2. The summed E-state index contributed by atoms with van der Waals surface area (Å²) in [6.07, 6.45) is 2.50. The van der Waals surface area contributed by atoms with Crippen LogP contribution in [0.25, 0.3) is 10.9 Å². The summed E-state index contributed by atoms with van der Waals surface area (Å²) in [5.41, 5.74) is 3.99. The molecule has 1 aliphatic rings. The highest BCUT2D eigenvalue weighted by molar-refractivity contribution is 6.04. The first-order chi connectivity index (χ1) is 9.83. The predicted molar refractivity (Wildman–Crippen MR) is 80.1 cm³/mol. The summed E-state index contributed by atoms with van der Waals surface area (Å²) in [5, 5.41) is 4.66. The molecule has 0 saturated heterocycles. The van der Waals surface area contributed by atoms with Crippen LogP contribution in [-0.2, 0) is 0 Å². The van der Waals surface area contributed by atoms with Gasteiger partial charge in [0.1, 0.15) is 0 Å². The largest absolute Gasteiger partial charge is 0.377 e. The van der Waals surface area contributed by atoms with Crippen molar-refractivity contribution >= 4 is 22.4 Å². The van der Waals surface area contributed by atoms with Gasteiger partial charge in [0.2, 0.25) is 0 Å². The zero-order valence-corrected chi connectivity index (χ0v) is 10.9. The van der Waals surface area contributed by atoms with Crippen molar-refractivity contribution in [1.82, 2.24) is 4.98 Å². The topological polar surface area (TPSA) is 44.9 Å². The minimum Gasteiger partial charge on any atom is -0.377 e. The molecular formula is C17H14N2O. The van der Waals surface area contributed by atoms with Gasteiger partial charge in [-0.2, -0.15) is 0 Å². The van der Waals surface area contributed by atoms with Crippen molar-refractivity contribution in [2.75, 3.05) is 5.32 Å². The zero-order valence-electron chi connectivity index (χ0n) is 10.9. The van der Waals surface area contributed by atoms with Crippen molar-refractivity contribution in [1.29, 1.82) is 0 Å². The van der Waals surface area contributed by atoms with Crippen LogP contribution in [0.2, 0.25) is 0 Å². The summed E-state index contributed by atoms with van der Waals surface area (Å²) >= 11 is 0. The molecule has 2 heterocycles. The standard InChI is InChI=1S/C17H14N2O/c20-17-9-16(19-15-8-4-2-6-12(15)17)13-10-18-14-7-3-1-5-11(13)14/h1-8,10,16,18-19H,9H2/t16-/m0/s1. The molecule has 0 aliphatic carbocycles. The van der Waals surface area contributed by atoms with Crippen molar-refractivity contribution in [3.63, 3.8) is 0 Å². The maximum atomic E-state index is 12.3. The number of carbonyl (C=O) groups is 1. The number of aromatic amines is 1. The van der Waals surface area contributed by atoms with Crippen LogP contribution in [-0.4, -0.2) is 10.8 Å². The Balaban J connectivity index is 1.80. The minimum absolute atomic E-state index is 0.0357. The zero-order chi connectivity index (χ0) is 13.5. The number of aromatic nitrogens is 1. The highest BCUT2D eigenvalue weighted by Crippen LogP contribution is 2.35. The number of hydrogen-bond donors (Lipinski definition) is 2. The molecule has 2 aromatic carbocycles. The van der Waals surface area contributed by atoms with Gasteiger partial charge in [-0.25, -0.2) is 0 Å². The van der Waals surface area contributed by atoms with Crippen LogP contribution in [0.15, 0.2) is 54.7 Å². The molecule has 1 aromatic heterocycles. The Labute approximate surface area is 116 Å². The van der Waals surface area contributed by atoms with Crippen molar-refractivity contribution in [3.8, 4) is 0 Å². The van der Waals surface area contributed by atoms with E-state index in [9.17, 15) is 4.79 Å². The van der Waals surface area contributed by atoms with E-state index in [0.717, 1.165) is 22.3 Å². The average molecular weight is 262 g/mol. The molecule has 98 valence electrons. The van der Waals surface area contributed by atoms with Crippen molar-refractivity contribution in [3.05, 3.63) is 65.9 Å². The molecular weight excluding hydrogens is 248 g/mol. The van der Waals surface area contributed by atoms with Crippen LogP contribution in [0.3, 0.4) is 0 Å². The second kappa shape index (κ2) is 4.23. The fraction of sp³-hybridized carbons (Fsp3) is 0.118. The molecule has 0 bridgehead atoms. The summed E-state index contributed by atoms with van der Waals surface area (Å²) in [5.74, 6) is 0.203. The quantitative estimate of drug-likeness (QED) is 0.698. The number of rotatable bonds is 1. The fourth-order valence-electron chi connectivity index (χ4n) is 2.96. The summed E-state index contributed by atoms with van der Waals surface area (Å²) in [7, 11) is 0. The maximum Gasteiger partial charge on any atom is 0.167 e. The van der Waals surface area contributed by atoms with Crippen LogP contribution >= 0.6 is 0 Å². The number of fused-ring (bicyclic) bond motifs is 2. The van der Waals surface area contributed by atoms with Gasteiger partial charge in [0.25, 0.3) is 0 Å². The first kappa shape index (κ1) is 11.3. The Hall–Kier alpha value is -2.55. The second-order valence-electron chi connectivity index (χ2n) is 5.16. The molecule has 0 fully saturated rings. The summed E-state index contributed by atoms with van der Waals surface area (Å²) < 4.78 is 0. The second-order valence-corrected chi connectivity index (χ2v) is 5.16. The highest BCUT2D eigenvalue weighted by Gasteiger charge is 2.26. The number of Topliss-reactive ketones (excluding diaryl/α,β-unsaturated/α-hetero) is 1. The van der Waals surface area contributed by atoms with E-state index >= 15 is 0 Å². The van der Waals surface area contributed by atoms with E-state index in [1.165, 1.54) is 5.39 Å². The Morgan fingerprint density at radius 1 is 1.00 bits per heavy atom. The first-order valence-corrected chi connectivity index (χ1v) is 6.78. The molecule has 1 aliphatic heterocycles. The number of nitrogens with one attached hydrogen (secondary N) is 2. The molecule has 3 heteroatoms. The molecule has 2 N–H and O–H groups in total. The lowest BCUT2D eigenvalue weighted by atomic mass is 9.92. The molecule has 3 nitrogen and oxygen atoms in total. The molecule has 0 saturated carbocycles. The monoisotopic (exact) mass is 262 g/mol. The number of hydrogen-bond acceptors (Lipinski definition) is 2. The molecule has 0 unspecified atom stereocenters. The van der Waals surface area contributed by atoms with Crippen LogP contribution in [0.1, 0.15) is 28.4 Å². The molecule has 0 radical (unpaired) electrons. The van der Waals surface area contributed by atoms with Gasteiger partial charge in [0, 0.05) is 40.3 Å². The lowest BCUT2D eigenvalue weighted by molar-refractivity contribution is 0.0972. The molecule has 4 rings (SSSR count). The van der Waals surface area contributed by atoms with E-state index in [2.05, 4.69) is 22.4 Å². The number of benzene rings is 2. The summed E-state index contributed by atoms with van der Waals surface area (Å²) in [6, 6.07) is 15.9. The Morgan fingerprint density at radius 2 is 1.80 bits per heavy atom. The van der Waals surface area contributed by atoms with Crippen LogP contribution in [0, 0.1) is 0 Å². The predicted octanol–water partition coefficient (Wildman–Crippen LogP) is 3.91. The average Bonchev–Trinajstić information content (AvgIpc) is 2.91. The van der Waals surface area contributed by atoms with Gasteiger partial charge in [0.05, 0.1) is 6.04 Å². The SMILES string of the molecule is O=C1C[C@@H](c2c[nH]c3ccccc23)Nc2ccccc21. The van der Waals surface area contributed by atoms with Gasteiger partial charge < -0.3 is 10.3 Å². The Kier molecular flexibility index (Phi) is 2.39. The van der Waals surface area contributed by atoms with Gasteiger partial charge in [-0.15, -0.1) is 0 Å². The van der Waals surface area contributed by atoms with E-state index in [4.69, 9.17) is 0 Å². The van der Waals surface area contributed by atoms with Gasteiger partial charge in [-0.1, -0.05) is 30.3 Å². The van der Waals surface area contributed by atoms with E-state index < -0.39 is 0 Å². The van der Waals surface area contributed by atoms with Crippen LogP contribution in [0.5, 0.6) is 0 Å². The van der Waals surface area contributed by atoms with E-state index in [-0.39, 0.29) is 11.8 Å². The summed E-state index contributed by atoms with van der Waals surface area (Å²) in [6.45, 7) is 0. The smallest absolute Gasteiger partial charge is 0.167 e. The molecule has 0 spiro atoms. The third-order valence-electron chi connectivity index (χ3n) is 3.94. The van der Waals surface area contributed by atoms with Gasteiger partial charge in [-0.3, -0.25) is 4.79 Å². The van der Waals surface area contributed by atoms with Gasteiger partial charge in [0.15, 0.2) is 5.78 Å². The molecule has 0 amide bonds. The lowest BCUT2D eigenvalue weighted by Crippen LogP contribution is -2.22. The Morgan fingerprint density at radius 3 is 2.75 bits per heavy atom.